The second-order valence-electron chi connectivity index (χ2n) is 8.28. The van der Waals surface area contributed by atoms with Gasteiger partial charge in [0.25, 0.3) is 0 Å². The van der Waals surface area contributed by atoms with E-state index in [1.165, 1.54) is 0 Å². The molecular weight excluding hydrogens is 428 g/mol. The van der Waals surface area contributed by atoms with Crippen molar-refractivity contribution in [2.24, 2.45) is 5.92 Å². The zero-order chi connectivity index (χ0) is 24.3. The number of hydrogen-bond donors (Lipinski definition) is 2. The van der Waals surface area contributed by atoms with Crippen molar-refractivity contribution < 1.29 is 28.3 Å². The molecule has 0 aliphatic rings. The van der Waals surface area contributed by atoms with E-state index < -0.39 is 29.5 Å². The van der Waals surface area contributed by atoms with E-state index in [-0.39, 0.29) is 25.3 Å². The number of nitrogens with one attached hydrogen (secondary N) is 2. The average molecular weight is 455 g/mol. The van der Waals surface area contributed by atoms with E-state index in [0.717, 1.165) is 21.9 Å². The normalized spacial score (nSPS) is 13.1. The largest absolute Gasteiger partial charge is 0.548 e. The van der Waals surface area contributed by atoms with Crippen LogP contribution in [0.2, 0.25) is 0 Å². The van der Waals surface area contributed by atoms with E-state index in [2.05, 4.69) is 10.6 Å². The summed E-state index contributed by atoms with van der Waals surface area (Å²) >= 11 is 0. The molecule has 176 valence electrons. The Kier molecular flexibility index (Phi) is 7.20. The summed E-state index contributed by atoms with van der Waals surface area (Å²) in [5, 5.41) is 17.7. The summed E-state index contributed by atoms with van der Waals surface area (Å²) in [5.41, 5.74) is 2.58. The fraction of sp³-hybridized carbons (Fsp3) is 0.417. The second-order valence-corrected chi connectivity index (χ2v) is 8.28. The maximum absolute atomic E-state index is 12.5. The van der Waals surface area contributed by atoms with Crippen LogP contribution in [0.1, 0.15) is 43.4 Å². The van der Waals surface area contributed by atoms with Crippen molar-refractivity contribution in [2.75, 3.05) is 6.54 Å². The summed E-state index contributed by atoms with van der Waals surface area (Å²) in [6.45, 7) is 6.85. The highest BCUT2D eigenvalue weighted by Crippen LogP contribution is 2.29. The molecule has 9 heteroatoms. The Balaban J connectivity index is 1.65. The Morgan fingerprint density at radius 2 is 1.82 bits per heavy atom. The molecule has 2 atom stereocenters. The number of carboxylic acid groups (broad SMARTS) is 1. The number of fused-ring (bicyclic) bond motifs is 2. The molecule has 2 aromatic heterocycles. The Bertz CT molecular complexity index is 1270. The molecule has 33 heavy (non-hydrogen) atoms. The third-order valence-electron chi connectivity index (χ3n) is 6.01. The van der Waals surface area contributed by atoms with Gasteiger partial charge < -0.3 is 29.4 Å². The molecule has 0 unspecified atom stereocenters. The number of carboxylic acids is 1. The third-order valence-corrected chi connectivity index (χ3v) is 6.01. The molecule has 0 fully saturated rings. The molecule has 0 aliphatic heterocycles. The van der Waals surface area contributed by atoms with Crippen molar-refractivity contribution in [2.45, 2.75) is 53.0 Å². The smallest absolute Gasteiger partial charge is 0.339 e. The highest BCUT2D eigenvalue weighted by molar-refractivity contribution is 5.96. The molecule has 0 radical (unpaired) electrons. The van der Waals surface area contributed by atoms with Gasteiger partial charge in [-0.15, -0.1) is 0 Å². The molecule has 3 rings (SSSR count). The van der Waals surface area contributed by atoms with Crippen molar-refractivity contribution >= 4 is 39.7 Å². The van der Waals surface area contributed by atoms with Gasteiger partial charge in [-0.05, 0) is 43.4 Å². The van der Waals surface area contributed by atoms with Crippen LogP contribution >= 0.6 is 0 Å². The number of hydrogen-bond acceptors (Lipinski definition) is 7. The number of amides is 2. The van der Waals surface area contributed by atoms with Gasteiger partial charge in [0.15, 0.2) is 0 Å². The zero-order valence-corrected chi connectivity index (χ0v) is 19.1. The molecule has 0 aliphatic carbocycles. The maximum Gasteiger partial charge on any atom is 0.339 e. The maximum atomic E-state index is 12.5. The Morgan fingerprint density at radius 1 is 1.09 bits per heavy atom. The van der Waals surface area contributed by atoms with Gasteiger partial charge in [-0.25, -0.2) is 4.79 Å². The molecule has 2 N–H and O–H groups in total. The topological polar surface area (TPSA) is 142 Å². The van der Waals surface area contributed by atoms with Gasteiger partial charge in [0.2, 0.25) is 11.8 Å². The van der Waals surface area contributed by atoms with E-state index in [0.29, 0.717) is 23.2 Å². The fourth-order valence-corrected chi connectivity index (χ4v) is 3.73. The van der Waals surface area contributed by atoms with Crippen LogP contribution < -0.4 is 21.4 Å². The molecule has 2 amide bonds. The number of furan rings is 1. The van der Waals surface area contributed by atoms with Gasteiger partial charge in [-0.1, -0.05) is 20.3 Å². The number of rotatable bonds is 9. The molecule has 1 aromatic carbocycles. The van der Waals surface area contributed by atoms with Gasteiger partial charge >= 0.3 is 5.63 Å². The summed E-state index contributed by atoms with van der Waals surface area (Å²) in [6.07, 6.45) is 2.28. The van der Waals surface area contributed by atoms with Crippen molar-refractivity contribution in [1.29, 1.82) is 0 Å². The summed E-state index contributed by atoms with van der Waals surface area (Å²) in [7, 11) is 0. The van der Waals surface area contributed by atoms with E-state index >= 15 is 0 Å². The number of benzene rings is 1. The lowest BCUT2D eigenvalue weighted by Gasteiger charge is -2.25. The summed E-state index contributed by atoms with van der Waals surface area (Å²) in [4.78, 5) is 48.0. The number of carbonyl (C=O) groups is 3. The SMILES string of the molecule is CC[C@@H](C)[C@H](NC(=O)CNC(=O)CCc1c(C)c2cc3c(C)coc3cc2oc1=O)C(=O)[O-]. The predicted molar refractivity (Wildman–Crippen MR) is 119 cm³/mol. The standard InChI is InChI=1S/C24H28N2O7/c1-5-12(2)22(23(29)30)26-21(28)10-25-20(27)7-6-15-14(4)17-8-16-13(3)11-32-18(16)9-19(17)33-24(15)31/h8-9,11-12,22H,5-7,10H2,1-4H3,(H,25,27)(H,26,28)(H,29,30)/p-1/t12-,22+/m1/s1. The quantitative estimate of drug-likeness (QED) is 0.466. The van der Waals surface area contributed by atoms with Crippen LogP contribution in [-0.4, -0.2) is 30.4 Å². The van der Waals surface area contributed by atoms with Gasteiger partial charge in [-0.2, -0.15) is 0 Å². The van der Waals surface area contributed by atoms with Crippen molar-refractivity contribution in [1.82, 2.24) is 10.6 Å². The molecule has 0 spiro atoms. The molecular formula is C24H27N2O7-. The summed E-state index contributed by atoms with van der Waals surface area (Å²) < 4.78 is 10.9. The lowest BCUT2D eigenvalue weighted by atomic mass is 9.99. The third kappa shape index (κ3) is 5.24. The molecule has 3 aromatic rings. The average Bonchev–Trinajstić information content (AvgIpc) is 3.13. The van der Waals surface area contributed by atoms with E-state index in [9.17, 15) is 24.3 Å². The van der Waals surface area contributed by atoms with E-state index in [1.54, 1.807) is 33.1 Å². The minimum atomic E-state index is -1.37. The number of aliphatic carboxylic acids is 1. The molecule has 0 saturated heterocycles. The second kappa shape index (κ2) is 9.89. The molecule has 0 saturated carbocycles. The van der Waals surface area contributed by atoms with Crippen molar-refractivity contribution in [3.8, 4) is 0 Å². The van der Waals surface area contributed by atoms with Gasteiger partial charge in [-0.3, -0.25) is 9.59 Å². The van der Waals surface area contributed by atoms with E-state index in [4.69, 9.17) is 8.83 Å². The Labute approximate surface area is 190 Å². The number of aryl methyl sites for hydroxylation is 2. The van der Waals surface area contributed by atoms with Crippen LogP contribution in [0.5, 0.6) is 0 Å². The van der Waals surface area contributed by atoms with Gasteiger partial charge in [0.05, 0.1) is 24.8 Å². The first-order valence-electron chi connectivity index (χ1n) is 10.8. The summed E-state index contributed by atoms with van der Waals surface area (Å²) in [5.74, 6) is -2.75. The van der Waals surface area contributed by atoms with Crippen LogP contribution in [0.4, 0.5) is 0 Å². The predicted octanol–water partition coefficient (Wildman–Crippen LogP) is 1.49. The van der Waals surface area contributed by atoms with Crippen LogP contribution in [-0.2, 0) is 20.8 Å². The number of carbonyl (C=O) groups excluding carboxylic acids is 3. The molecule has 2 heterocycles. The van der Waals surface area contributed by atoms with E-state index in [1.807, 2.05) is 13.0 Å². The first kappa shape index (κ1) is 24.0. The van der Waals surface area contributed by atoms with Crippen LogP contribution in [0.25, 0.3) is 21.9 Å². The molecule has 9 nitrogen and oxygen atoms in total. The first-order chi connectivity index (χ1) is 15.6. The van der Waals surface area contributed by atoms with Gasteiger partial charge in [0, 0.05) is 28.8 Å². The molecule has 0 bridgehead atoms. The lowest BCUT2D eigenvalue weighted by Crippen LogP contribution is -2.53. The van der Waals surface area contributed by atoms with Crippen LogP contribution in [0.15, 0.2) is 32.0 Å². The van der Waals surface area contributed by atoms with Crippen molar-refractivity contribution in [3.05, 3.63) is 45.5 Å². The van der Waals surface area contributed by atoms with Gasteiger partial charge in [0.1, 0.15) is 11.2 Å². The minimum Gasteiger partial charge on any atom is -0.548 e. The van der Waals surface area contributed by atoms with Crippen LogP contribution in [0.3, 0.4) is 0 Å². The fourth-order valence-electron chi connectivity index (χ4n) is 3.73. The zero-order valence-electron chi connectivity index (χ0n) is 19.1. The van der Waals surface area contributed by atoms with Crippen LogP contribution in [0, 0.1) is 19.8 Å². The lowest BCUT2D eigenvalue weighted by molar-refractivity contribution is -0.309. The summed E-state index contributed by atoms with van der Waals surface area (Å²) in [6, 6.07) is 2.45. The monoisotopic (exact) mass is 455 g/mol. The first-order valence-corrected chi connectivity index (χ1v) is 10.8. The highest BCUT2D eigenvalue weighted by atomic mass is 16.4. The van der Waals surface area contributed by atoms with Crippen molar-refractivity contribution in [3.63, 3.8) is 0 Å². The minimum absolute atomic E-state index is 0.0351. The Hall–Kier alpha value is -3.62. The highest BCUT2D eigenvalue weighted by Gasteiger charge is 2.20. The Morgan fingerprint density at radius 3 is 2.48 bits per heavy atom.